The number of nitrogens with one attached hydrogen (secondary N) is 1. The Hall–Kier alpha value is -0.520. The molecule has 0 aliphatic carbocycles. The second-order valence-corrected chi connectivity index (χ2v) is 5.05. The van der Waals surface area contributed by atoms with Crippen LogP contribution in [0, 0.1) is 18.3 Å². The summed E-state index contributed by atoms with van der Waals surface area (Å²) < 4.78 is 0. The number of hydrogen-bond donors (Lipinski definition) is 1. The predicted molar refractivity (Wildman–Crippen MR) is 70.3 cm³/mol. The van der Waals surface area contributed by atoms with E-state index < -0.39 is 0 Å². The number of hydrogen-bond acceptors (Lipinski definition) is 2. The molecule has 0 saturated carbocycles. The zero-order chi connectivity index (χ0) is 12.0. The van der Waals surface area contributed by atoms with Crippen LogP contribution in [0.15, 0.2) is 0 Å². The first kappa shape index (κ1) is 13.5. The average molecular weight is 222 g/mol. The third kappa shape index (κ3) is 3.81. The summed E-state index contributed by atoms with van der Waals surface area (Å²) in [6, 6.07) is 1.16. The van der Waals surface area contributed by atoms with Crippen molar-refractivity contribution in [3.63, 3.8) is 0 Å². The van der Waals surface area contributed by atoms with Crippen molar-refractivity contribution in [1.82, 2.24) is 10.2 Å². The average Bonchev–Trinajstić information content (AvgIpc) is 2.54. The van der Waals surface area contributed by atoms with Gasteiger partial charge >= 0.3 is 0 Å². The van der Waals surface area contributed by atoms with Crippen molar-refractivity contribution in [3.8, 4) is 12.3 Å². The molecule has 0 radical (unpaired) electrons. The lowest BCUT2D eigenvalue weighted by atomic mass is 9.98. The quantitative estimate of drug-likeness (QED) is 0.733. The van der Waals surface area contributed by atoms with Gasteiger partial charge in [0.25, 0.3) is 0 Å². The van der Waals surface area contributed by atoms with E-state index in [1.165, 1.54) is 19.4 Å². The van der Waals surface area contributed by atoms with Gasteiger partial charge in [0.2, 0.25) is 0 Å². The Morgan fingerprint density at radius 1 is 1.50 bits per heavy atom. The summed E-state index contributed by atoms with van der Waals surface area (Å²) in [5.74, 6) is 3.53. The van der Waals surface area contributed by atoms with Gasteiger partial charge in [-0.3, -0.25) is 4.90 Å². The standard InChI is InChI=1S/C14H26N2/c1-5-8-13(4)16-10-7-9-15-14(11-16)12(3)6-2/h1,12-15H,6-11H2,2-4H3. The van der Waals surface area contributed by atoms with Crippen molar-refractivity contribution < 1.29 is 0 Å². The minimum Gasteiger partial charge on any atom is -0.312 e. The van der Waals surface area contributed by atoms with E-state index in [9.17, 15) is 0 Å². The zero-order valence-electron chi connectivity index (χ0n) is 11.0. The maximum atomic E-state index is 5.40. The summed E-state index contributed by atoms with van der Waals surface area (Å²) in [5, 5.41) is 3.67. The lowest BCUT2D eigenvalue weighted by Crippen LogP contribution is -2.44. The van der Waals surface area contributed by atoms with E-state index >= 15 is 0 Å². The first-order valence-electron chi connectivity index (χ1n) is 6.59. The van der Waals surface area contributed by atoms with E-state index in [0.717, 1.165) is 25.4 Å². The summed E-state index contributed by atoms with van der Waals surface area (Å²) in [6.07, 6.45) is 8.75. The molecule has 2 heteroatoms. The molecular formula is C14H26N2. The fourth-order valence-electron chi connectivity index (χ4n) is 2.34. The molecule has 1 rings (SSSR count). The number of nitrogens with zero attached hydrogens (tertiary/aromatic N) is 1. The van der Waals surface area contributed by atoms with Crippen molar-refractivity contribution >= 4 is 0 Å². The Balaban J connectivity index is 2.55. The van der Waals surface area contributed by atoms with Crippen LogP contribution in [0.25, 0.3) is 0 Å². The molecule has 1 saturated heterocycles. The van der Waals surface area contributed by atoms with Crippen LogP contribution in [0.2, 0.25) is 0 Å². The Morgan fingerprint density at radius 3 is 2.88 bits per heavy atom. The molecule has 0 amide bonds. The topological polar surface area (TPSA) is 15.3 Å². The van der Waals surface area contributed by atoms with Gasteiger partial charge in [-0.15, -0.1) is 12.3 Å². The van der Waals surface area contributed by atoms with Gasteiger partial charge in [0.15, 0.2) is 0 Å². The van der Waals surface area contributed by atoms with E-state index in [1.807, 2.05) is 0 Å². The van der Waals surface area contributed by atoms with Gasteiger partial charge in [-0.2, -0.15) is 0 Å². The normalized spacial score (nSPS) is 26.8. The molecule has 0 aromatic carbocycles. The lowest BCUT2D eigenvalue weighted by Gasteiger charge is -2.31. The third-order valence-electron chi connectivity index (χ3n) is 3.83. The summed E-state index contributed by atoms with van der Waals surface area (Å²) in [6.45, 7) is 10.3. The fourth-order valence-corrected chi connectivity index (χ4v) is 2.34. The Labute approximate surface area is 101 Å². The van der Waals surface area contributed by atoms with Crippen molar-refractivity contribution in [3.05, 3.63) is 0 Å². The van der Waals surface area contributed by atoms with Gasteiger partial charge < -0.3 is 5.32 Å². The van der Waals surface area contributed by atoms with E-state index in [0.29, 0.717) is 12.1 Å². The summed E-state index contributed by atoms with van der Waals surface area (Å²) >= 11 is 0. The smallest absolute Gasteiger partial charge is 0.0240 e. The molecule has 1 aliphatic heterocycles. The van der Waals surface area contributed by atoms with Gasteiger partial charge in [0.1, 0.15) is 0 Å². The van der Waals surface area contributed by atoms with Crippen LogP contribution < -0.4 is 5.32 Å². The SMILES string of the molecule is C#CCC(C)N1CCCNC(C(C)CC)C1. The minimum atomic E-state index is 0.524. The molecule has 1 aliphatic rings. The second kappa shape index (κ2) is 6.93. The van der Waals surface area contributed by atoms with Crippen molar-refractivity contribution in [2.75, 3.05) is 19.6 Å². The highest BCUT2D eigenvalue weighted by atomic mass is 15.2. The van der Waals surface area contributed by atoms with E-state index in [2.05, 4.69) is 36.9 Å². The number of rotatable bonds is 4. The van der Waals surface area contributed by atoms with Crippen LogP contribution in [0.1, 0.15) is 40.0 Å². The molecule has 92 valence electrons. The van der Waals surface area contributed by atoms with Crippen LogP contribution in [0.3, 0.4) is 0 Å². The highest BCUT2D eigenvalue weighted by Gasteiger charge is 2.23. The number of terminal acetylenes is 1. The highest BCUT2D eigenvalue weighted by Crippen LogP contribution is 2.15. The molecule has 0 bridgehead atoms. The van der Waals surface area contributed by atoms with Gasteiger partial charge in [-0.25, -0.2) is 0 Å². The largest absolute Gasteiger partial charge is 0.312 e. The molecule has 3 atom stereocenters. The van der Waals surface area contributed by atoms with Crippen LogP contribution in [0.4, 0.5) is 0 Å². The minimum absolute atomic E-state index is 0.524. The van der Waals surface area contributed by atoms with Crippen molar-refractivity contribution in [1.29, 1.82) is 0 Å². The van der Waals surface area contributed by atoms with Crippen LogP contribution in [-0.4, -0.2) is 36.6 Å². The lowest BCUT2D eigenvalue weighted by molar-refractivity contribution is 0.189. The Kier molecular flexibility index (Phi) is 5.87. The first-order valence-corrected chi connectivity index (χ1v) is 6.59. The molecule has 1 fully saturated rings. The maximum absolute atomic E-state index is 5.40. The molecule has 0 aromatic rings. The van der Waals surface area contributed by atoms with Gasteiger partial charge in [-0.05, 0) is 32.4 Å². The summed E-state index contributed by atoms with van der Waals surface area (Å²) in [7, 11) is 0. The summed E-state index contributed by atoms with van der Waals surface area (Å²) in [4.78, 5) is 2.55. The van der Waals surface area contributed by atoms with Crippen LogP contribution >= 0.6 is 0 Å². The molecular weight excluding hydrogens is 196 g/mol. The van der Waals surface area contributed by atoms with E-state index in [1.54, 1.807) is 0 Å². The predicted octanol–water partition coefficient (Wildman–Crippen LogP) is 2.11. The third-order valence-corrected chi connectivity index (χ3v) is 3.83. The molecule has 3 unspecified atom stereocenters. The summed E-state index contributed by atoms with van der Waals surface area (Å²) in [5.41, 5.74) is 0. The van der Waals surface area contributed by atoms with Crippen LogP contribution in [0.5, 0.6) is 0 Å². The highest BCUT2D eigenvalue weighted by molar-refractivity contribution is 4.91. The zero-order valence-corrected chi connectivity index (χ0v) is 11.0. The Morgan fingerprint density at radius 2 is 2.25 bits per heavy atom. The molecule has 2 nitrogen and oxygen atoms in total. The Bertz CT molecular complexity index is 231. The first-order chi connectivity index (χ1) is 7.69. The molecule has 0 aromatic heterocycles. The van der Waals surface area contributed by atoms with Crippen molar-refractivity contribution in [2.45, 2.75) is 52.1 Å². The van der Waals surface area contributed by atoms with Gasteiger partial charge in [0.05, 0.1) is 0 Å². The maximum Gasteiger partial charge on any atom is 0.0240 e. The van der Waals surface area contributed by atoms with Crippen LogP contribution in [-0.2, 0) is 0 Å². The molecule has 0 spiro atoms. The molecule has 1 heterocycles. The molecule has 16 heavy (non-hydrogen) atoms. The van der Waals surface area contributed by atoms with Gasteiger partial charge in [0, 0.05) is 25.0 Å². The van der Waals surface area contributed by atoms with E-state index in [-0.39, 0.29) is 0 Å². The second-order valence-electron chi connectivity index (χ2n) is 5.05. The van der Waals surface area contributed by atoms with Gasteiger partial charge in [-0.1, -0.05) is 20.3 Å². The fraction of sp³-hybridized carbons (Fsp3) is 0.857. The van der Waals surface area contributed by atoms with Crippen molar-refractivity contribution in [2.24, 2.45) is 5.92 Å². The molecule has 1 N–H and O–H groups in total. The van der Waals surface area contributed by atoms with E-state index in [4.69, 9.17) is 6.42 Å². The monoisotopic (exact) mass is 222 g/mol.